The van der Waals surface area contributed by atoms with Gasteiger partial charge in [-0.1, -0.05) is 0 Å². The molecule has 13 heavy (non-hydrogen) atoms. The molecule has 0 aromatic rings. The van der Waals surface area contributed by atoms with Gasteiger partial charge < -0.3 is 16.1 Å². The molecule has 0 saturated heterocycles. The van der Waals surface area contributed by atoms with E-state index in [4.69, 9.17) is 5.73 Å². The maximum absolute atomic E-state index is 5.64. The predicted octanol–water partition coefficient (Wildman–Crippen LogP) is 0.466. The summed E-state index contributed by atoms with van der Waals surface area (Å²) in [6.45, 7) is 7.44. The van der Waals surface area contributed by atoms with E-state index >= 15 is 0 Å². The van der Waals surface area contributed by atoms with E-state index in [0.717, 1.165) is 12.2 Å². The Morgan fingerprint density at radius 3 is 2.69 bits per heavy atom. The van der Waals surface area contributed by atoms with Gasteiger partial charge in [0.05, 0.1) is 5.70 Å². The summed E-state index contributed by atoms with van der Waals surface area (Å²) in [6.07, 6.45) is 3.85. The van der Waals surface area contributed by atoms with Gasteiger partial charge in [0.25, 0.3) is 0 Å². The van der Waals surface area contributed by atoms with Crippen LogP contribution in [0.2, 0.25) is 0 Å². The van der Waals surface area contributed by atoms with Crippen LogP contribution in [0.3, 0.4) is 0 Å². The van der Waals surface area contributed by atoms with Crippen LogP contribution in [0.1, 0.15) is 20.8 Å². The molecule has 0 bridgehead atoms. The molecule has 0 spiro atoms. The minimum Gasteiger partial charge on any atom is -0.384 e. The van der Waals surface area contributed by atoms with Gasteiger partial charge in [-0.2, -0.15) is 0 Å². The second-order valence-corrected chi connectivity index (χ2v) is 3.32. The summed E-state index contributed by atoms with van der Waals surface area (Å²) in [6, 6.07) is 0.486. The molecular formula is C9H18N4. The van der Waals surface area contributed by atoms with Crippen LogP contribution in [0.5, 0.6) is 0 Å². The maximum atomic E-state index is 5.64. The van der Waals surface area contributed by atoms with Crippen molar-refractivity contribution < 1.29 is 0 Å². The molecule has 0 radical (unpaired) electrons. The third kappa shape index (κ3) is 2.31. The summed E-state index contributed by atoms with van der Waals surface area (Å²) in [7, 11) is 0. The molecule has 0 fully saturated rings. The number of hydrazine groups is 1. The zero-order chi connectivity index (χ0) is 9.84. The van der Waals surface area contributed by atoms with Gasteiger partial charge in [0.1, 0.15) is 5.82 Å². The van der Waals surface area contributed by atoms with Crippen molar-refractivity contribution in [2.45, 2.75) is 26.8 Å². The second-order valence-electron chi connectivity index (χ2n) is 3.32. The molecule has 0 aliphatic carbocycles. The molecule has 4 heteroatoms. The molecule has 1 aliphatic rings. The van der Waals surface area contributed by atoms with E-state index in [0.29, 0.717) is 11.9 Å². The van der Waals surface area contributed by atoms with E-state index in [1.807, 2.05) is 12.3 Å². The van der Waals surface area contributed by atoms with Crippen LogP contribution in [-0.2, 0) is 0 Å². The van der Waals surface area contributed by atoms with Crippen LogP contribution < -0.4 is 16.6 Å². The summed E-state index contributed by atoms with van der Waals surface area (Å²) < 4.78 is 0. The molecule has 74 valence electrons. The van der Waals surface area contributed by atoms with E-state index in [1.165, 1.54) is 0 Å². The first-order valence-corrected chi connectivity index (χ1v) is 4.60. The fourth-order valence-corrected chi connectivity index (χ4v) is 1.44. The number of hydrogen-bond donors (Lipinski definition) is 3. The standard InChI is InChI=1S/C9H18N4/c1-4-13(7(2)3)8-5-9(10)12-11-6-8/h5-7,11-12H,4,10H2,1-3H3. The van der Waals surface area contributed by atoms with Crippen molar-refractivity contribution in [2.75, 3.05) is 6.54 Å². The van der Waals surface area contributed by atoms with Gasteiger partial charge >= 0.3 is 0 Å². The molecule has 0 amide bonds. The van der Waals surface area contributed by atoms with E-state index in [1.54, 1.807) is 0 Å². The highest BCUT2D eigenvalue weighted by molar-refractivity contribution is 5.23. The molecule has 0 saturated carbocycles. The van der Waals surface area contributed by atoms with Crippen molar-refractivity contribution in [3.63, 3.8) is 0 Å². The number of hydrogen-bond acceptors (Lipinski definition) is 4. The Hall–Kier alpha value is -1.32. The highest BCUT2D eigenvalue weighted by Gasteiger charge is 2.11. The summed E-state index contributed by atoms with van der Waals surface area (Å²) >= 11 is 0. The summed E-state index contributed by atoms with van der Waals surface area (Å²) in [5.74, 6) is 0.650. The Bertz CT molecular complexity index is 230. The lowest BCUT2D eigenvalue weighted by Gasteiger charge is -2.30. The lowest BCUT2D eigenvalue weighted by atomic mass is 10.2. The number of likely N-dealkylation sites (N-methyl/N-ethyl adjacent to an activating group) is 1. The van der Waals surface area contributed by atoms with Gasteiger partial charge in [0, 0.05) is 24.9 Å². The molecule has 1 rings (SSSR count). The zero-order valence-electron chi connectivity index (χ0n) is 8.46. The fourth-order valence-electron chi connectivity index (χ4n) is 1.44. The topological polar surface area (TPSA) is 53.3 Å². The van der Waals surface area contributed by atoms with Gasteiger partial charge in [-0.05, 0) is 20.8 Å². The van der Waals surface area contributed by atoms with E-state index in [9.17, 15) is 0 Å². The Morgan fingerprint density at radius 2 is 2.23 bits per heavy atom. The average molecular weight is 182 g/mol. The molecular weight excluding hydrogens is 164 g/mol. The van der Waals surface area contributed by atoms with Crippen LogP contribution >= 0.6 is 0 Å². The first-order valence-electron chi connectivity index (χ1n) is 4.60. The molecule has 0 aromatic heterocycles. The highest BCUT2D eigenvalue weighted by atomic mass is 15.4. The predicted molar refractivity (Wildman–Crippen MR) is 54.1 cm³/mol. The van der Waals surface area contributed by atoms with Crippen molar-refractivity contribution >= 4 is 0 Å². The Balaban J connectivity index is 2.74. The minimum atomic E-state index is 0.486. The van der Waals surface area contributed by atoms with Crippen molar-refractivity contribution in [3.05, 3.63) is 23.8 Å². The first-order chi connectivity index (χ1) is 6.15. The third-order valence-electron chi connectivity index (χ3n) is 2.04. The molecule has 4 N–H and O–H groups in total. The quantitative estimate of drug-likeness (QED) is 0.594. The Labute approximate surface area is 79.4 Å². The number of nitrogens with two attached hydrogens (primary N) is 1. The molecule has 0 aromatic carbocycles. The number of nitrogens with zero attached hydrogens (tertiary/aromatic N) is 1. The Morgan fingerprint density at radius 1 is 1.54 bits per heavy atom. The summed E-state index contributed by atoms with van der Waals surface area (Å²) in [5, 5.41) is 0. The van der Waals surface area contributed by atoms with Crippen LogP contribution in [0.25, 0.3) is 0 Å². The third-order valence-corrected chi connectivity index (χ3v) is 2.04. The monoisotopic (exact) mass is 182 g/mol. The smallest absolute Gasteiger partial charge is 0.117 e. The van der Waals surface area contributed by atoms with E-state index in [-0.39, 0.29) is 0 Å². The molecule has 1 heterocycles. The van der Waals surface area contributed by atoms with Crippen molar-refractivity contribution in [3.8, 4) is 0 Å². The number of rotatable bonds is 3. The highest BCUT2D eigenvalue weighted by Crippen LogP contribution is 2.11. The van der Waals surface area contributed by atoms with Crippen molar-refractivity contribution in [1.29, 1.82) is 0 Å². The minimum absolute atomic E-state index is 0.486. The van der Waals surface area contributed by atoms with Crippen molar-refractivity contribution in [1.82, 2.24) is 15.8 Å². The van der Waals surface area contributed by atoms with Crippen molar-refractivity contribution in [2.24, 2.45) is 5.73 Å². The number of allylic oxidation sites excluding steroid dienone is 1. The lowest BCUT2D eigenvalue weighted by Crippen LogP contribution is -2.38. The lowest BCUT2D eigenvalue weighted by molar-refractivity contribution is 0.302. The molecule has 1 aliphatic heterocycles. The van der Waals surface area contributed by atoms with Crippen LogP contribution in [0, 0.1) is 0 Å². The largest absolute Gasteiger partial charge is 0.384 e. The van der Waals surface area contributed by atoms with Gasteiger partial charge in [-0.25, -0.2) is 0 Å². The van der Waals surface area contributed by atoms with Gasteiger partial charge in [-0.3, -0.25) is 5.43 Å². The maximum Gasteiger partial charge on any atom is 0.117 e. The SMILES string of the molecule is CCN(C1=CNNC(N)=C1)C(C)C. The van der Waals surface area contributed by atoms with Gasteiger partial charge in [0.2, 0.25) is 0 Å². The molecule has 0 atom stereocenters. The van der Waals surface area contributed by atoms with Crippen LogP contribution in [-0.4, -0.2) is 17.5 Å². The van der Waals surface area contributed by atoms with Gasteiger partial charge in [0.15, 0.2) is 0 Å². The summed E-state index contributed by atoms with van der Waals surface area (Å²) in [4.78, 5) is 2.26. The van der Waals surface area contributed by atoms with Crippen LogP contribution in [0.4, 0.5) is 0 Å². The van der Waals surface area contributed by atoms with Crippen LogP contribution in [0.15, 0.2) is 23.8 Å². The first kappa shape index (κ1) is 9.77. The zero-order valence-corrected chi connectivity index (χ0v) is 8.46. The Kier molecular flexibility index (Phi) is 3.06. The fraction of sp³-hybridized carbons (Fsp3) is 0.556. The molecule has 4 nitrogen and oxygen atoms in total. The number of nitrogens with one attached hydrogen (secondary N) is 2. The van der Waals surface area contributed by atoms with E-state index < -0.39 is 0 Å². The second kappa shape index (κ2) is 4.07. The van der Waals surface area contributed by atoms with Gasteiger partial charge in [-0.15, -0.1) is 0 Å². The summed E-state index contributed by atoms with van der Waals surface area (Å²) in [5.41, 5.74) is 12.5. The normalized spacial score (nSPS) is 15.7. The molecule has 0 unspecified atom stereocenters. The average Bonchev–Trinajstić information content (AvgIpc) is 2.04. The van der Waals surface area contributed by atoms with E-state index in [2.05, 4.69) is 36.5 Å².